The minimum atomic E-state index is -0.135. The van der Waals surface area contributed by atoms with Crippen LogP contribution in [0.15, 0.2) is 12.1 Å². The first-order valence-corrected chi connectivity index (χ1v) is 8.96. The van der Waals surface area contributed by atoms with Gasteiger partial charge in [-0.2, -0.15) is 0 Å². The molecule has 0 aliphatic carbocycles. The molecule has 0 atom stereocenters. The van der Waals surface area contributed by atoms with Crippen LogP contribution in [-0.2, 0) is 9.47 Å². The van der Waals surface area contributed by atoms with E-state index >= 15 is 0 Å². The highest BCUT2D eigenvalue weighted by Crippen LogP contribution is 2.39. The molecule has 0 fully saturated rings. The lowest BCUT2D eigenvalue weighted by atomic mass is 10.1. The summed E-state index contributed by atoms with van der Waals surface area (Å²) in [4.78, 5) is 14.7. The maximum absolute atomic E-state index is 13.0. The fourth-order valence-corrected chi connectivity index (χ4v) is 2.41. The van der Waals surface area contributed by atoms with Crippen LogP contribution in [0.2, 0.25) is 0 Å². The van der Waals surface area contributed by atoms with Crippen LogP contribution in [-0.4, -0.2) is 71.2 Å². The van der Waals surface area contributed by atoms with Crippen molar-refractivity contribution in [1.29, 1.82) is 0 Å². The monoisotopic (exact) mass is 369 g/mol. The Kier molecular flexibility index (Phi) is 10.5. The highest BCUT2D eigenvalue weighted by Gasteiger charge is 2.21. The number of hydrogen-bond donors (Lipinski definition) is 0. The van der Waals surface area contributed by atoms with Crippen LogP contribution in [0.1, 0.15) is 31.1 Å². The average Bonchev–Trinajstić information content (AvgIpc) is 2.64. The van der Waals surface area contributed by atoms with Gasteiger partial charge >= 0.3 is 0 Å². The molecule has 0 N–H and O–H groups in total. The zero-order valence-electron chi connectivity index (χ0n) is 16.5. The fraction of sp³-hybridized carbons (Fsp3) is 0.632. The summed E-state index contributed by atoms with van der Waals surface area (Å²) in [5.41, 5.74) is 0.479. The minimum Gasteiger partial charge on any atom is -0.490 e. The van der Waals surface area contributed by atoms with E-state index in [1.54, 1.807) is 31.3 Å². The molecule has 0 heterocycles. The Balaban J connectivity index is 3.23. The summed E-state index contributed by atoms with van der Waals surface area (Å²) in [5, 5.41) is 0. The molecule has 26 heavy (non-hydrogen) atoms. The van der Waals surface area contributed by atoms with Crippen molar-refractivity contribution in [3.63, 3.8) is 0 Å². The van der Waals surface area contributed by atoms with Crippen LogP contribution in [0.4, 0.5) is 0 Å². The first-order chi connectivity index (χ1) is 12.6. The van der Waals surface area contributed by atoms with Crippen molar-refractivity contribution in [2.24, 2.45) is 0 Å². The zero-order chi connectivity index (χ0) is 19.4. The normalized spacial score (nSPS) is 10.5. The lowest BCUT2D eigenvalue weighted by Gasteiger charge is -2.23. The Morgan fingerprint density at radius 3 is 1.69 bits per heavy atom. The van der Waals surface area contributed by atoms with Gasteiger partial charge in [0.25, 0.3) is 5.91 Å². The molecule has 7 heteroatoms. The molecule has 0 bridgehead atoms. The van der Waals surface area contributed by atoms with Crippen LogP contribution in [0.5, 0.6) is 17.2 Å². The summed E-state index contributed by atoms with van der Waals surface area (Å²) in [6.45, 7) is 8.89. The van der Waals surface area contributed by atoms with Gasteiger partial charge in [-0.25, -0.2) is 0 Å². The molecular formula is C19H31NO6. The third-order valence-electron chi connectivity index (χ3n) is 3.57. The molecular weight excluding hydrogens is 338 g/mol. The lowest BCUT2D eigenvalue weighted by Crippen LogP contribution is -2.36. The van der Waals surface area contributed by atoms with Crippen LogP contribution < -0.4 is 14.2 Å². The number of benzene rings is 1. The molecule has 0 radical (unpaired) electrons. The zero-order valence-corrected chi connectivity index (χ0v) is 16.5. The van der Waals surface area contributed by atoms with Gasteiger partial charge < -0.3 is 28.6 Å². The van der Waals surface area contributed by atoms with E-state index in [-0.39, 0.29) is 5.91 Å². The lowest BCUT2D eigenvalue weighted by molar-refractivity contribution is 0.0626. The number of nitrogens with zero attached hydrogens (tertiary/aromatic N) is 1. The van der Waals surface area contributed by atoms with Gasteiger partial charge in [-0.15, -0.1) is 0 Å². The standard InChI is InChI=1S/C19H31NO6/c1-6-24-16-13-15(14-17(25-7-2)18(16)26-8-3)19(21)20(9-11-22-4)10-12-23-5/h13-14H,6-12H2,1-5H3. The Bertz CT molecular complexity index is 514. The van der Waals surface area contributed by atoms with Crippen LogP contribution in [0, 0.1) is 0 Å². The van der Waals surface area contributed by atoms with Gasteiger partial charge in [0.15, 0.2) is 11.5 Å². The van der Waals surface area contributed by atoms with Crippen molar-refractivity contribution < 1.29 is 28.5 Å². The third-order valence-corrected chi connectivity index (χ3v) is 3.57. The Labute approximate surface area is 156 Å². The Morgan fingerprint density at radius 2 is 1.31 bits per heavy atom. The van der Waals surface area contributed by atoms with Gasteiger partial charge in [0.1, 0.15) is 0 Å². The molecule has 1 amide bonds. The third kappa shape index (κ3) is 6.38. The summed E-state index contributed by atoms with van der Waals surface area (Å²) >= 11 is 0. The predicted molar refractivity (Wildman–Crippen MR) is 99.6 cm³/mol. The number of methoxy groups -OCH3 is 2. The van der Waals surface area contributed by atoms with E-state index in [1.807, 2.05) is 20.8 Å². The smallest absolute Gasteiger partial charge is 0.254 e. The highest BCUT2D eigenvalue weighted by atomic mass is 16.5. The molecule has 0 saturated carbocycles. The molecule has 1 aromatic rings. The van der Waals surface area contributed by atoms with Crippen LogP contribution >= 0.6 is 0 Å². The quantitative estimate of drug-likeness (QED) is 0.532. The minimum absolute atomic E-state index is 0.135. The second kappa shape index (κ2) is 12.4. The van der Waals surface area contributed by atoms with Gasteiger partial charge in [-0.1, -0.05) is 0 Å². The highest BCUT2D eigenvalue weighted by molar-refractivity contribution is 5.95. The summed E-state index contributed by atoms with van der Waals surface area (Å²) in [7, 11) is 3.21. The summed E-state index contributed by atoms with van der Waals surface area (Å²) in [6, 6.07) is 3.40. The maximum atomic E-state index is 13.0. The number of amides is 1. The number of ether oxygens (including phenoxy) is 5. The molecule has 0 saturated heterocycles. The van der Waals surface area contributed by atoms with Crippen LogP contribution in [0.3, 0.4) is 0 Å². The molecule has 0 aliphatic heterocycles. The number of carbonyl (C=O) groups excluding carboxylic acids is 1. The number of rotatable bonds is 13. The fourth-order valence-electron chi connectivity index (χ4n) is 2.41. The van der Waals surface area contributed by atoms with E-state index in [1.165, 1.54) is 0 Å². The molecule has 1 rings (SSSR count). The van der Waals surface area contributed by atoms with Crippen molar-refractivity contribution in [3.8, 4) is 17.2 Å². The molecule has 0 spiro atoms. The average molecular weight is 369 g/mol. The molecule has 1 aromatic carbocycles. The summed E-state index contributed by atoms with van der Waals surface area (Å²) < 4.78 is 27.3. The van der Waals surface area contributed by atoms with Gasteiger partial charge in [0, 0.05) is 32.9 Å². The second-order valence-corrected chi connectivity index (χ2v) is 5.38. The topological polar surface area (TPSA) is 66.5 Å². The number of carbonyl (C=O) groups is 1. The largest absolute Gasteiger partial charge is 0.490 e. The molecule has 7 nitrogen and oxygen atoms in total. The van der Waals surface area contributed by atoms with Crippen LogP contribution in [0.25, 0.3) is 0 Å². The van der Waals surface area contributed by atoms with Crippen molar-refractivity contribution >= 4 is 5.91 Å². The SMILES string of the molecule is CCOc1cc(C(=O)N(CCOC)CCOC)cc(OCC)c1OCC. The van der Waals surface area contributed by atoms with E-state index in [0.29, 0.717) is 68.9 Å². The van der Waals surface area contributed by atoms with Crippen molar-refractivity contribution in [3.05, 3.63) is 17.7 Å². The summed E-state index contributed by atoms with van der Waals surface area (Å²) in [5.74, 6) is 1.39. The van der Waals surface area contributed by atoms with Gasteiger partial charge in [0.2, 0.25) is 5.75 Å². The van der Waals surface area contributed by atoms with Gasteiger partial charge in [-0.3, -0.25) is 4.79 Å². The molecule has 0 aliphatic rings. The Morgan fingerprint density at radius 1 is 0.846 bits per heavy atom. The van der Waals surface area contributed by atoms with E-state index < -0.39 is 0 Å². The maximum Gasteiger partial charge on any atom is 0.254 e. The molecule has 148 valence electrons. The van der Waals surface area contributed by atoms with E-state index in [9.17, 15) is 4.79 Å². The van der Waals surface area contributed by atoms with Gasteiger partial charge in [0.05, 0.1) is 33.0 Å². The van der Waals surface area contributed by atoms with Crippen molar-refractivity contribution in [2.45, 2.75) is 20.8 Å². The second-order valence-electron chi connectivity index (χ2n) is 5.38. The van der Waals surface area contributed by atoms with Crippen molar-refractivity contribution in [1.82, 2.24) is 4.90 Å². The van der Waals surface area contributed by atoms with Gasteiger partial charge in [-0.05, 0) is 32.9 Å². The number of hydrogen-bond acceptors (Lipinski definition) is 6. The predicted octanol–water partition coefficient (Wildman–Crippen LogP) is 2.62. The molecule has 0 unspecified atom stereocenters. The van der Waals surface area contributed by atoms with E-state index in [2.05, 4.69) is 0 Å². The first kappa shape index (κ1) is 22.1. The Hall–Kier alpha value is -1.99. The van der Waals surface area contributed by atoms with Crippen molar-refractivity contribution in [2.75, 3.05) is 60.3 Å². The molecule has 0 aromatic heterocycles. The van der Waals surface area contributed by atoms with E-state index in [4.69, 9.17) is 23.7 Å². The summed E-state index contributed by atoms with van der Waals surface area (Å²) in [6.07, 6.45) is 0. The van der Waals surface area contributed by atoms with E-state index in [0.717, 1.165) is 0 Å². The first-order valence-electron chi connectivity index (χ1n) is 8.96.